The largest absolute Gasteiger partial charge is 0.355 e. The SMILES string of the molecule is CCNC(=O)[C@H](C)NC(=O)c1ccc(Cn2nnc3ccccc32)cc1. The summed E-state index contributed by atoms with van der Waals surface area (Å²) in [6, 6.07) is 14.4. The summed E-state index contributed by atoms with van der Waals surface area (Å²) in [6.45, 7) is 4.60. The first-order valence-corrected chi connectivity index (χ1v) is 8.54. The molecule has 0 aliphatic rings. The van der Waals surface area contributed by atoms with E-state index >= 15 is 0 Å². The molecule has 0 fully saturated rings. The molecule has 0 radical (unpaired) electrons. The molecule has 3 rings (SSSR count). The lowest BCUT2D eigenvalue weighted by molar-refractivity contribution is -0.122. The van der Waals surface area contributed by atoms with Crippen LogP contribution in [-0.2, 0) is 11.3 Å². The Hall–Kier alpha value is -3.22. The number of fused-ring (bicyclic) bond motifs is 1. The van der Waals surface area contributed by atoms with E-state index in [2.05, 4.69) is 20.9 Å². The van der Waals surface area contributed by atoms with Gasteiger partial charge in [0, 0.05) is 12.1 Å². The van der Waals surface area contributed by atoms with Gasteiger partial charge in [0.2, 0.25) is 5.91 Å². The number of carbonyl (C=O) groups is 2. The Kier molecular flexibility index (Phi) is 5.26. The summed E-state index contributed by atoms with van der Waals surface area (Å²) < 4.78 is 1.82. The third-order valence-electron chi connectivity index (χ3n) is 4.06. The standard InChI is InChI=1S/C19H21N5O2/c1-3-20-18(25)13(2)21-19(26)15-10-8-14(9-11-15)12-24-17-7-5-4-6-16(17)22-23-24/h4-11,13H,3,12H2,1-2H3,(H,20,25)(H,21,26)/t13-/m0/s1. The summed E-state index contributed by atoms with van der Waals surface area (Å²) in [4.78, 5) is 24.0. The number of aromatic nitrogens is 3. The molecule has 0 aliphatic heterocycles. The van der Waals surface area contributed by atoms with Crippen molar-refractivity contribution in [3.63, 3.8) is 0 Å². The lowest BCUT2D eigenvalue weighted by atomic mass is 10.1. The predicted molar refractivity (Wildman–Crippen MR) is 98.7 cm³/mol. The first-order chi connectivity index (χ1) is 12.6. The fourth-order valence-electron chi connectivity index (χ4n) is 2.64. The van der Waals surface area contributed by atoms with Crippen molar-refractivity contribution in [2.24, 2.45) is 0 Å². The number of nitrogens with zero attached hydrogens (tertiary/aromatic N) is 3. The molecule has 1 heterocycles. The van der Waals surface area contributed by atoms with Gasteiger partial charge in [-0.15, -0.1) is 5.10 Å². The molecule has 0 spiro atoms. The van der Waals surface area contributed by atoms with E-state index in [4.69, 9.17) is 0 Å². The lowest BCUT2D eigenvalue weighted by Gasteiger charge is -2.13. The van der Waals surface area contributed by atoms with Gasteiger partial charge in [0.1, 0.15) is 11.6 Å². The van der Waals surface area contributed by atoms with Gasteiger partial charge in [-0.05, 0) is 43.7 Å². The number of amides is 2. The molecule has 1 atom stereocenters. The van der Waals surface area contributed by atoms with Crippen molar-refractivity contribution in [2.45, 2.75) is 26.4 Å². The summed E-state index contributed by atoms with van der Waals surface area (Å²) in [5.74, 6) is -0.475. The Morgan fingerprint density at radius 3 is 2.58 bits per heavy atom. The van der Waals surface area contributed by atoms with E-state index in [9.17, 15) is 9.59 Å². The van der Waals surface area contributed by atoms with Crippen LogP contribution in [0.4, 0.5) is 0 Å². The number of carbonyl (C=O) groups excluding carboxylic acids is 2. The second-order valence-electron chi connectivity index (χ2n) is 6.02. The summed E-state index contributed by atoms with van der Waals surface area (Å²) in [6.07, 6.45) is 0. The highest BCUT2D eigenvalue weighted by molar-refractivity contribution is 5.97. The maximum absolute atomic E-state index is 12.2. The van der Waals surface area contributed by atoms with Gasteiger partial charge in [-0.2, -0.15) is 0 Å². The smallest absolute Gasteiger partial charge is 0.251 e. The van der Waals surface area contributed by atoms with Crippen LogP contribution in [-0.4, -0.2) is 39.4 Å². The fourth-order valence-corrected chi connectivity index (χ4v) is 2.64. The molecule has 1 aromatic heterocycles. The molecular weight excluding hydrogens is 330 g/mol. The summed E-state index contributed by atoms with van der Waals surface area (Å²) in [5.41, 5.74) is 3.33. The molecule has 7 heteroatoms. The molecule has 0 saturated heterocycles. The van der Waals surface area contributed by atoms with Gasteiger partial charge in [0.05, 0.1) is 12.1 Å². The van der Waals surface area contributed by atoms with Crippen molar-refractivity contribution in [2.75, 3.05) is 6.54 Å². The average molecular weight is 351 g/mol. The number of hydrogen-bond acceptors (Lipinski definition) is 4. The maximum Gasteiger partial charge on any atom is 0.251 e. The Morgan fingerprint density at radius 1 is 1.12 bits per heavy atom. The van der Waals surface area contributed by atoms with Crippen molar-refractivity contribution in [3.8, 4) is 0 Å². The van der Waals surface area contributed by atoms with Crippen molar-refractivity contribution < 1.29 is 9.59 Å². The number of nitrogens with one attached hydrogen (secondary N) is 2. The Bertz CT molecular complexity index is 917. The van der Waals surface area contributed by atoms with E-state index in [1.54, 1.807) is 19.1 Å². The number of rotatable bonds is 6. The molecule has 0 aliphatic carbocycles. The van der Waals surface area contributed by atoms with Crippen LogP contribution in [0.5, 0.6) is 0 Å². The van der Waals surface area contributed by atoms with Crippen LogP contribution in [0.3, 0.4) is 0 Å². The van der Waals surface area contributed by atoms with Crippen LogP contribution in [0, 0.1) is 0 Å². The van der Waals surface area contributed by atoms with E-state index in [-0.39, 0.29) is 11.8 Å². The highest BCUT2D eigenvalue weighted by Crippen LogP contribution is 2.13. The van der Waals surface area contributed by atoms with Crippen LogP contribution in [0.1, 0.15) is 29.8 Å². The van der Waals surface area contributed by atoms with Crippen molar-refractivity contribution in [1.82, 2.24) is 25.6 Å². The molecule has 26 heavy (non-hydrogen) atoms. The number of likely N-dealkylation sites (N-methyl/N-ethyl adjacent to an activating group) is 1. The van der Waals surface area contributed by atoms with Gasteiger partial charge >= 0.3 is 0 Å². The topological polar surface area (TPSA) is 88.9 Å². The Balaban J connectivity index is 1.66. The van der Waals surface area contributed by atoms with Gasteiger partial charge < -0.3 is 10.6 Å². The molecule has 2 amide bonds. The third-order valence-corrected chi connectivity index (χ3v) is 4.06. The van der Waals surface area contributed by atoms with Crippen molar-refractivity contribution in [1.29, 1.82) is 0 Å². The quantitative estimate of drug-likeness (QED) is 0.708. The minimum atomic E-state index is -0.580. The zero-order valence-electron chi connectivity index (χ0n) is 14.8. The highest BCUT2D eigenvalue weighted by atomic mass is 16.2. The van der Waals surface area contributed by atoms with Crippen LogP contribution in [0.15, 0.2) is 48.5 Å². The fraction of sp³-hybridized carbons (Fsp3) is 0.263. The summed E-state index contributed by atoms with van der Waals surface area (Å²) in [7, 11) is 0. The Labute approximate surface area is 151 Å². The van der Waals surface area contributed by atoms with Gasteiger partial charge in [-0.25, -0.2) is 4.68 Å². The second-order valence-corrected chi connectivity index (χ2v) is 6.02. The zero-order valence-corrected chi connectivity index (χ0v) is 14.8. The molecule has 3 aromatic rings. The van der Waals surface area contributed by atoms with Gasteiger partial charge in [-0.1, -0.05) is 29.5 Å². The van der Waals surface area contributed by atoms with Crippen molar-refractivity contribution >= 4 is 22.8 Å². The molecule has 0 unspecified atom stereocenters. The zero-order chi connectivity index (χ0) is 18.5. The maximum atomic E-state index is 12.2. The molecule has 2 N–H and O–H groups in total. The van der Waals surface area contributed by atoms with Crippen LogP contribution >= 0.6 is 0 Å². The highest BCUT2D eigenvalue weighted by Gasteiger charge is 2.15. The van der Waals surface area contributed by atoms with E-state index in [0.717, 1.165) is 16.6 Å². The van der Waals surface area contributed by atoms with E-state index < -0.39 is 6.04 Å². The van der Waals surface area contributed by atoms with Gasteiger partial charge in [-0.3, -0.25) is 9.59 Å². The summed E-state index contributed by atoms with van der Waals surface area (Å²) in [5, 5.41) is 13.7. The van der Waals surface area contributed by atoms with E-state index in [1.165, 1.54) is 0 Å². The summed E-state index contributed by atoms with van der Waals surface area (Å²) >= 11 is 0. The second kappa shape index (κ2) is 7.77. The Morgan fingerprint density at radius 2 is 1.85 bits per heavy atom. The normalized spacial score (nSPS) is 11.9. The predicted octanol–water partition coefficient (Wildman–Crippen LogP) is 1.73. The molecule has 0 bridgehead atoms. The number of para-hydroxylation sites is 1. The molecule has 7 nitrogen and oxygen atoms in total. The molecule has 0 saturated carbocycles. The lowest BCUT2D eigenvalue weighted by Crippen LogP contribution is -2.44. The van der Waals surface area contributed by atoms with Gasteiger partial charge in [0.15, 0.2) is 0 Å². The van der Waals surface area contributed by atoms with Crippen LogP contribution in [0.25, 0.3) is 11.0 Å². The monoisotopic (exact) mass is 351 g/mol. The van der Waals surface area contributed by atoms with Crippen molar-refractivity contribution in [3.05, 3.63) is 59.7 Å². The van der Waals surface area contributed by atoms with E-state index in [1.807, 2.05) is 48.0 Å². The van der Waals surface area contributed by atoms with Crippen LogP contribution < -0.4 is 10.6 Å². The third kappa shape index (κ3) is 3.88. The van der Waals surface area contributed by atoms with Crippen LogP contribution in [0.2, 0.25) is 0 Å². The first-order valence-electron chi connectivity index (χ1n) is 8.54. The molecular formula is C19H21N5O2. The van der Waals surface area contributed by atoms with E-state index in [0.29, 0.717) is 18.7 Å². The first kappa shape index (κ1) is 17.6. The minimum Gasteiger partial charge on any atom is -0.355 e. The minimum absolute atomic E-state index is 0.199. The average Bonchev–Trinajstić information content (AvgIpc) is 3.05. The molecule has 134 valence electrons. The van der Waals surface area contributed by atoms with Gasteiger partial charge in [0.25, 0.3) is 5.91 Å². The number of hydrogen-bond donors (Lipinski definition) is 2. The molecule has 2 aromatic carbocycles. The number of benzene rings is 2.